The molecule has 0 spiro atoms. The predicted octanol–water partition coefficient (Wildman–Crippen LogP) is 4.85. The lowest BCUT2D eigenvalue weighted by Gasteiger charge is -2.30. The molecular formula is C16H23BrO2. The normalized spacial score (nSPS) is 19.4. The van der Waals surface area contributed by atoms with Crippen molar-refractivity contribution in [2.75, 3.05) is 6.61 Å². The van der Waals surface area contributed by atoms with Gasteiger partial charge in [-0.05, 0) is 58.3 Å². The zero-order chi connectivity index (χ0) is 13.9. The molecule has 1 fully saturated rings. The van der Waals surface area contributed by atoms with Crippen LogP contribution in [0, 0.1) is 5.41 Å². The minimum absolute atomic E-state index is 0.0330. The highest BCUT2D eigenvalue weighted by atomic mass is 79.9. The fourth-order valence-electron chi connectivity index (χ4n) is 2.87. The maximum Gasteiger partial charge on any atom is 0.133 e. The fraction of sp³-hybridized carbons (Fsp3) is 0.625. The summed E-state index contributed by atoms with van der Waals surface area (Å²) >= 11 is 3.54. The maximum absolute atomic E-state index is 10.6. The van der Waals surface area contributed by atoms with Gasteiger partial charge in [-0.3, -0.25) is 0 Å². The highest BCUT2D eigenvalue weighted by Gasteiger charge is 2.36. The van der Waals surface area contributed by atoms with Crippen LogP contribution in [0.25, 0.3) is 0 Å². The SMILES string of the molecule is CCCOc1ccc(C(O)C2(C)CCCC2)cc1Br. The van der Waals surface area contributed by atoms with E-state index in [4.69, 9.17) is 4.74 Å². The van der Waals surface area contributed by atoms with Gasteiger partial charge in [0, 0.05) is 0 Å². The Morgan fingerprint density at radius 2 is 2.05 bits per heavy atom. The first kappa shape index (κ1) is 14.9. The molecule has 0 amide bonds. The Balaban J connectivity index is 2.14. The predicted molar refractivity (Wildman–Crippen MR) is 81.5 cm³/mol. The van der Waals surface area contributed by atoms with Crippen molar-refractivity contribution in [1.29, 1.82) is 0 Å². The van der Waals surface area contributed by atoms with Crippen molar-refractivity contribution in [3.05, 3.63) is 28.2 Å². The summed E-state index contributed by atoms with van der Waals surface area (Å²) in [6, 6.07) is 5.94. The van der Waals surface area contributed by atoms with Gasteiger partial charge in [0.05, 0.1) is 17.2 Å². The third-order valence-electron chi connectivity index (χ3n) is 4.14. The molecule has 2 nitrogen and oxygen atoms in total. The first-order valence-electron chi connectivity index (χ1n) is 7.17. The van der Waals surface area contributed by atoms with Crippen LogP contribution in [0.15, 0.2) is 22.7 Å². The fourth-order valence-corrected chi connectivity index (χ4v) is 3.39. The molecule has 1 unspecified atom stereocenters. The van der Waals surface area contributed by atoms with E-state index in [2.05, 4.69) is 29.8 Å². The molecule has 19 heavy (non-hydrogen) atoms. The van der Waals surface area contributed by atoms with Crippen LogP contribution in [0.4, 0.5) is 0 Å². The number of aliphatic hydroxyl groups excluding tert-OH is 1. The molecule has 0 aromatic heterocycles. The Labute approximate surface area is 124 Å². The molecule has 1 aliphatic carbocycles. The van der Waals surface area contributed by atoms with Crippen molar-refractivity contribution in [2.24, 2.45) is 5.41 Å². The van der Waals surface area contributed by atoms with Gasteiger partial charge in [0.2, 0.25) is 0 Å². The summed E-state index contributed by atoms with van der Waals surface area (Å²) in [7, 11) is 0. The quantitative estimate of drug-likeness (QED) is 0.837. The average molecular weight is 327 g/mol. The van der Waals surface area contributed by atoms with Crippen molar-refractivity contribution in [3.63, 3.8) is 0 Å². The van der Waals surface area contributed by atoms with E-state index in [-0.39, 0.29) is 11.5 Å². The minimum atomic E-state index is -0.383. The van der Waals surface area contributed by atoms with E-state index in [1.54, 1.807) is 0 Å². The van der Waals surface area contributed by atoms with Gasteiger partial charge in [-0.15, -0.1) is 0 Å². The van der Waals surface area contributed by atoms with E-state index in [0.717, 1.165) is 41.7 Å². The molecular weight excluding hydrogens is 304 g/mol. The Morgan fingerprint density at radius 3 is 2.63 bits per heavy atom. The summed E-state index contributed by atoms with van der Waals surface area (Å²) < 4.78 is 6.57. The van der Waals surface area contributed by atoms with Gasteiger partial charge in [-0.2, -0.15) is 0 Å². The number of rotatable bonds is 5. The number of aliphatic hydroxyl groups is 1. The van der Waals surface area contributed by atoms with E-state index in [1.807, 2.05) is 18.2 Å². The molecule has 1 aliphatic rings. The molecule has 1 saturated carbocycles. The van der Waals surface area contributed by atoms with E-state index in [9.17, 15) is 5.11 Å². The summed E-state index contributed by atoms with van der Waals surface area (Å²) in [6.45, 7) is 5.01. The van der Waals surface area contributed by atoms with Crippen LogP contribution >= 0.6 is 15.9 Å². The van der Waals surface area contributed by atoms with Crippen molar-refractivity contribution >= 4 is 15.9 Å². The summed E-state index contributed by atoms with van der Waals surface area (Å²) in [5.74, 6) is 0.856. The molecule has 0 heterocycles. The second-order valence-corrected chi connectivity index (χ2v) is 6.66. The molecule has 0 radical (unpaired) electrons. The van der Waals surface area contributed by atoms with E-state index >= 15 is 0 Å². The van der Waals surface area contributed by atoms with Crippen LogP contribution in [0.2, 0.25) is 0 Å². The van der Waals surface area contributed by atoms with E-state index < -0.39 is 0 Å². The number of hydrogen-bond donors (Lipinski definition) is 1. The first-order valence-corrected chi connectivity index (χ1v) is 7.96. The monoisotopic (exact) mass is 326 g/mol. The second kappa shape index (κ2) is 6.27. The van der Waals surface area contributed by atoms with Gasteiger partial charge >= 0.3 is 0 Å². The molecule has 1 aromatic carbocycles. The molecule has 2 rings (SSSR count). The van der Waals surface area contributed by atoms with Gasteiger partial charge in [0.25, 0.3) is 0 Å². The lowest BCUT2D eigenvalue weighted by atomic mass is 9.79. The summed E-state index contributed by atoms with van der Waals surface area (Å²) in [4.78, 5) is 0. The van der Waals surface area contributed by atoms with Gasteiger partial charge < -0.3 is 9.84 Å². The van der Waals surface area contributed by atoms with E-state index in [0.29, 0.717) is 0 Å². The Kier molecular flexibility index (Phi) is 4.91. The standard InChI is InChI=1S/C16H23BrO2/c1-3-10-19-14-7-6-12(11-13(14)17)15(18)16(2)8-4-5-9-16/h6-7,11,15,18H,3-5,8-10H2,1-2H3. The summed E-state index contributed by atoms with van der Waals surface area (Å²) in [5.41, 5.74) is 1.02. The molecule has 0 bridgehead atoms. The molecule has 1 atom stereocenters. The highest BCUT2D eigenvalue weighted by molar-refractivity contribution is 9.10. The zero-order valence-corrected chi connectivity index (χ0v) is 13.4. The van der Waals surface area contributed by atoms with Gasteiger partial charge in [-0.25, -0.2) is 0 Å². The Hall–Kier alpha value is -0.540. The van der Waals surface area contributed by atoms with Crippen molar-refractivity contribution in [1.82, 2.24) is 0 Å². The van der Waals surface area contributed by atoms with Gasteiger partial charge in [0.15, 0.2) is 0 Å². The molecule has 1 aromatic rings. The van der Waals surface area contributed by atoms with Crippen LogP contribution in [-0.4, -0.2) is 11.7 Å². The van der Waals surface area contributed by atoms with Crippen molar-refractivity contribution in [2.45, 2.75) is 52.1 Å². The Bertz CT molecular complexity index is 425. The van der Waals surface area contributed by atoms with Crippen LogP contribution in [0.3, 0.4) is 0 Å². The molecule has 3 heteroatoms. The third-order valence-corrected chi connectivity index (χ3v) is 4.76. The van der Waals surface area contributed by atoms with Crippen LogP contribution in [0.5, 0.6) is 5.75 Å². The number of benzene rings is 1. The average Bonchev–Trinajstić information content (AvgIpc) is 2.84. The lowest BCUT2D eigenvalue weighted by Crippen LogP contribution is -2.21. The van der Waals surface area contributed by atoms with Crippen molar-refractivity contribution in [3.8, 4) is 5.75 Å². The topological polar surface area (TPSA) is 29.5 Å². The summed E-state index contributed by atoms with van der Waals surface area (Å²) in [5, 5.41) is 10.6. The van der Waals surface area contributed by atoms with Crippen LogP contribution in [-0.2, 0) is 0 Å². The lowest BCUT2D eigenvalue weighted by molar-refractivity contribution is 0.0407. The Morgan fingerprint density at radius 1 is 1.37 bits per heavy atom. The molecule has 106 valence electrons. The molecule has 0 saturated heterocycles. The van der Waals surface area contributed by atoms with Gasteiger partial charge in [0.1, 0.15) is 5.75 Å². The maximum atomic E-state index is 10.6. The molecule has 1 N–H and O–H groups in total. The zero-order valence-electron chi connectivity index (χ0n) is 11.8. The first-order chi connectivity index (χ1) is 9.07. The van der Waals surface area contributed by atoms with Crippen LogP contribution in [0.1, 0.15) is 57.6 Å². The minimum Gasteiger partial charge on any atom is -0.492 e. The largest absolute Gasteiger partial charge is 0.492 e. The third kappa shape index (κ3) is 3.32. The van der Waals surface area contributed by atoms with Crippen LogP contribution < -0.4 is 4.74 Å². The molecule has 0 aliphatic heterocycles. The number of ether oxygens (including phenoxy) is 1. The smallest absolute Gasteiger partial charge is 0.133 e. The number of halogens is 1. The van der Waals surface area contributed by atoms with Crippen molar-refractivity contribution < 1.29 is 9.84 Å². The van der Waals surface area contributed by atoms with E-state index in [1.165, 1.54) is 12.8 Å². The summed E-state index contributed by atoms with van der Waals surface area (Å²) in [6.07, 6.45) is 5.29. The number of hydrogen-bond acceptors (Lipinski definition) is 2. The van der Waals surface area contributed by atoms with Gasteiger partial charge in [-0.1, -0.05) is 32.8 Å². The second-order valence-electron chi connectivity index (χ2n) is 5.80. The highest BCUT2D eigenvalue weighted by Crippen LogP contribution is 2.47.